The standard InChI is InChI=1S/C11H14N2OS/c1-2-9-5-11(14)13(7-9)4-3-10-6-12-8-15-10/h2,6,8-9H,1,3-5,7H2. The van der Waals surface area contributed by atoms with Gasteiger partial charge < -0.3 is 4.90 Å². The fourth-order valence-electron chi connectivity index (χ4n) is 1.79. The van der Waals surface area contributed by atoms with E-state index >= 15 is 0 Å². The lowest BCUT2D eigenvalue weighted by Gasteiger charge is -2.14. The maximum absolute atomic E-state index is 11.6. The lowest BCUT2D eigenvalue weighted by molar-refractivity contribution is -0.127. The Kier molecular flexibility index (Phi) is 3.16. The van der Waals surface area contributed by atoms with Crippen LogP contribution >= 0.6 is 11.3 Å². The highest BCUT2D eigenvalue weighted by Gasteiger charge is 2.26. The number of carbonyl (C=O) groups is 1. The first kappa shape index (κ1) is 10.4. The third-order valence-electron chi connectivity index (χ3n) is 2.69. The highest BCUT2D eigenvalue weighted by molar-refractivity contribution is 7.09. The maximum Gasteiger partial charge on any atom is 0.223 e. The van der Waals surface area contributed by atoms with Crippen molar-refractivity contribution in [2.75, 3.05) is 13.1 Å². The van der Waals surface area contributed by atoms with Gasteiger partial charge >= 0.3 is 0 Å². The van der Waals surface area contributed by atoms with Crippen LogP contribution in [0.25, 0.3) is 0 Å². The predicted molar refractivity (Wildman–Crippen MR) is 60.7 cm³/mol. The van der Waals surface area contributed by atoms with E-state index in [0.29, 0.717) is 12.3 Å². The van der Waals surface area contributed by atoms with Gasteiger partial charge in [0, 0.05) is 42.9 Å². The molecule has 0 N–H and O–H groups in total. The zero-order valence-electron chi connectivity index (χ0n) is 8.56. The summed E-state index contributed by atoms with van der Waals surface area (Å²) in [5, 5.41) is 0. The topological polar surface area (TPSA) is 33.2 Å². The molecule has 2 heterocycles. The second-order valence-electron chi connectivity index (χ2n) is 3.76. The molecule has 0 saturated carbocycles. The molecule has 2 rings (SSSR count). The van der Waals surface area contributed by atoms with Crippen LogP contribution < -0.4 is 0 Å². The van der Waals surface area contributed by atoms with Crippen LogP contribution in [-0.2, 0) is 11.2 Å². The number of amides is 1. The van der Waals surface area contributed by atoms with Crippen LogP contribution in [0.3, 0.4) is 0 Å². The summed E-state index contributed by atoms with van der Waals surface area (Å²) in [7, 11) is 0. The molecule has 1 fully saturated rings. The minimum absolute atomic E-state index is 0.254. The number of aromatic nitrogens is 1. The SMILES string of the molecule is C=CC1CC(=O)N(CCc2cncs2)C1. The molecule has 15 heavy (non-hydrogen) atoms. The van der Waals surface area contributed by atoms with E-state index in [1.54, 1.807) is 11.3 Å². The normalized spacial score (nSPS) is 20.9. The van der Waals surface area contributed by atoms with Crippen molar-refractivity contribution >= 4 is 17.2 Å². The molecule has 1 saturated heterocycles. The van der Waals surface area contributed by atoms with Gasteiger partial charge in [0.15, 0.2) is 0 Å². The molecule has 0 aliphatic carbocycles. The van der Waals surface area contributed by atoms with Crippen molar-refractivity contribution in [3.8, 4) is 0 Å². The van der Waals surface area contributed by atoms with Crippen LogP contribution in [0.4, 0.5) is 0 Å². The van der Waals surface area contributed by atoms with E-state index in [1.807, 2.05) is 22.7 Å². The summed E-state index contributed by atoms with van der Waals surface area (Å²) in [5.41, 5.74) is 1.83. The van der Waals surface area contributed by atoms with Gasteiger partial charge in [0.05, 0.1) is 5.51 Å². The first-order chi connectivity index (χ1) is 7.29. The van der Waals surface area contributed by atoms with Gasteiger partial charge in [-0.2, -0.15) is 0 Å². The van der Waals surface area contributed by atoms with Gasteiger partial charge in [-0.15, -0.1) is 17.9 Å². The van der Waals surface area contributed by atoms with Crippen molar-refractivity contribution < 1.29 is 4.79 Å². The molecular weight excluding hydrogens is 208 g/mol. The summed E-state index contributed by atoms with van der Waals surface area (Å²) in [4.78, 5) is 18.7. The zero-order chi connectivity index (χ0) is 10.7. The Morgan fingerprint density at radius 1 is 1.73 bits per heavy atom. The molecule has 0 bridgehead atoms. The van der Waals surface area contributed by atoms with Gasteiger partial charge in [-0.1, -0.05) is 6.08 Å². The Morgan fingerprint density at radius 2 is 2.60 bits per heavy atom. The lowest BCUT2D eigenvalue weighted by atomic mass is 10.1. The highest BCUT2D eigenvalue weighted by Crippen LogP contribution is 2.19. The number of carbonyl (C=O) groups excluding carboxylic acids is 1. The molecule has 4 heteroatoms. The largest absolute Gasteiger partial charge is 0.342 e. The number of hydrogen-bond acceptors (Lipinski definition) is 3. The summed E-state index contributed by atoms with van der Waals surface area (Å²) in [5.74, 6) is 0.600. The number of likely N-dealkylation sites (tertiary alicyclic amines) is 1. The van der Waals surface area contributed by atoms with Crippen molar-refractivity contribution in [3.05, 3.63) is 29.2 Å². The van der Waals surface area contributed by atoms with Crippen LogP contribution in [-0.4, -0.2) is 28.9 Å². The second-order valence-corrected chi connectivity index (χ2v) is 4.73. The van der Waals surface area contributed by atoms with E-state index in [0.717, 1.165) is 19.5 Å². The van der Waals surface area contributed by atoms with Crippen molar-refractivity contribution in [1.29, 1.82) is 0 Å². The predicted octanol–water partition coefficient (Wildman–Crippen LogP) is 1.72. The molecule has 1 unspecified atom stereocenters. The smallest absolute Gasteiger partial charge is 0.223 e. The molecule has 3 nitrogen and oxygen atoms in total. The summed E-state index contributed by atoms with van der Waals surface area (Å²) in [6, 6.07) is 0. The second kappa shape index (κ2) is 4.57. The van der Waals surface area contributed by atoms with Gasteiger partial charge in [0.2, 0.25) is 5.91 Å². The van der Waals surface area contributed by atoms with Gasteiger partial charge in [-0.25, -0.2) is 0 Å². The van der Waals surface area contributed by atoms with Crippen molar-refractivity contribution in [1.82, 2.24) is 9.88 Å². The van der Waals surface area contributed by atoms with Gasteiger partial charge in [0.1, 0.15) is 0 Å². The molecule has 1 aliphatic rings. The molecule has 1 amide bonds. The third-order valence-corrected chi connectivity index (χ3v) is 3.53. The van der Waals surface area contributed by atoms with Gasteiger partial charge in [0.25, 0.3) is 0 Å². The molecule has 0 aromatic carbocycles. The number of hydrogen-bond donors (Lipinski definition) is 0. The summed E-state index contributed by atoms with van der Waals surface area (Å²) >= 11 is 1.64. The molecule has 1 atom stereocenters. The number of rotatable bonds is 4. The van der Waals surface area contributed by atoms with Gasteiger partial charge in [-0.05, 0) is 0 Å². The highest BCUT2D eigenvalue weighted by atomic mass is 32.1. The van der Waals surface area contributed by atoms with Crippen LogP contribution in [0.15, 0.2) is 24.4 Å². The van der Waals surface area contributed by atoms with Crippen LogP contribution in [0.1, 0.15) is 11.3 Å². The van der Waals surface area contributed by atoms with E-state index in [9.17, 15) is 4.79 Å². The number of thiazole rings is 1. The Balaban J connectivity index is 1.85. The fraction of sp³-hybridized carbons (Fsp3) is 0.455. The van der Waals surface area contributed by atoms with Gasteiger partial charge in [-0.3, -0.25) is 9.78 Å². The first-order valence-corrected chi connectivity index (χ1v) is 5.95. The Labute approximate surface area is 93.4 Å². The molecule has 1 aliphatic heterocycles. The average Bonchev–Trinajstić information content (AvgIpc) is 2.84. The minimum atomic E-state index is 0.254. The van der Waals surface area contributed by atoms with E-state index in [-0.39, 0.29) is 5.91 Å². The zero-order valence-corrected chi connectivity index (χ0v) is 9.37. The molecule has 1 aromatic rings. The van der Waals surface area contributed by atoms with E-state index in [4.69, 9.17) is 0 Å². The third kappa shape index (κ3) is 2.45. The quantitative estimate of drug-likeness (QED) is 0.727. The molecular formula is C11H14N2OS. The summed E-state index contributed by atoms with van der Waals surface area (Å²) in [6.45, 7) is 5.38. The molecule has 0 radical (unpaired) electrons. The van der Waals surface area contributed by atoms with E-state index < -0.39 is 0 Å². The van der Waals surface area contributed by atoms with E-state index in [2.05, 4.69) is 11.6 Å². The van der Waals surface area contributed by atoms with Crippen molar-refractivity contribution in [3.63, 3.8) is 0 Å². The van der Waals surface area contributed by atoms with Crippen molar-refractivity contribution in [2.45, 2.75) is 12.8 Å². The monoisotopic (exact) mass is 222 g/mol. The Morgan fingerprint density at radius 3 is 3.20 bits per heavy atom. The minimum Gasteiger partial charge on any atom is -0.342 e. The van der Waals surface area contributed by atoms with E-state index in [1.165, 1.54) is 4.88 Å². The molecule has 1 aromatic heterocycles. The van der Waals surface area contributed by atoms with Crippen LogP contribution in [0.2, 0.25) is 0 Å². The Bertz CT molecular complexity index is 347. The first-order valence-electron chi connectivity index (χ1n) is 5.07. The van der Waals surface area contributed by atoms with Crippen LogP contribution in [0, 0.1) is 5.92 Å². The molecule has 0 spiro atoms. The average molecular weight is 222 g/mol. The maximum atomic E-state index is 11.6. The Hall–Kier alpha value is -1.16. The van der Waals surface area contributed by atoms with Crippen molar-refractivity contribution in [2.24, 2.45) is 5.92 Å². The number of nitrogens with zero attached hydrogens (tertiary/aromatic N) is 2. The lowest BCUT2D eigenvalue weighted by Crippen LogP contribution is -2.27. The summed E-state index contributed by atoms with van der Waals surface area (Å²) < 4.78 is 0. The molecule has 80 valence electrons. The fourth-order valence-corrected chi connectivity index (χ4v) is 2.38. The summed E-state index contributed by atoms with van der Waals surface area (Å²) in [6.07, 6.45) is 5.30. The van der Waals surface area contributed by atoms with Crippen LogP contribution in [0.5, 0.6) is 0 Å².